The van der Waals surface area contributed by atoms with Crippen LogP contribution in [-0.4, -0.2) is 0 Å². The molecule has 0 heterocycles. The van der Waals surface area contributed by atoms with Crippen molar-refractivity contribution in [1.82, 2.24) is 0 Å². The van der Waals surface area contributed by atoms with Crippen LogP contribution in [-0.2, 0) is 5.41 Å². The number of para-hydroxylation sites is 2. The highest BCUT2D eigenvalue weighted by molar-refractivity contribution is 5.99. The third kappa shape index (κ3) is 7.46. The summed E-state index contributed by atoms with van der Waals surface area (Å²) in [4.78, 5) is 4.66. The maximum atomic E-state index is 2.37. The molecule has 0 bridgehead atoms. The molecule has 0 amide bonds. The van der Waals surface area contributed by atoms with Gasteiger partial charge in [0.05, 0.1) is 5.69 Å². The Kier molecular flexibility index (Phi) is 9.66. The van der Waals surface area contributed by atoms with Gasteiger partial charge in [-0.2, -0.15) is 0 Å². The van der Waals surface area contributed by atoms with Crippen molar-refractivity contribution in [3.63, 3.8) is 0 Å². The van der Waals surface area contributed by atoms with Crippen LogP contribution >= 0.6 is 0 Å². The molecule has 0 unspecified atom stereocenters. The number of rotatable bonds is 9. The predicted molar refractivity (Wildman–Crippen MR) is 233 cm³/mol. The first kappa shape index (κ1) is 34.4. The van der Waals surface area contributed by atoms with Crippen molar-refractivity contribution in [2.24, 2.45) is 0 Å². The third-order valence-corrected chi connectivity index (χ3v) is 10.0. The molecule has 0 fully saturated rings. The van der Waals surface area contributed by atoms with Gasteiger partial charge in [0.25, 0.3) is 0 Å². The van der Waals surface area contributed by atoms with Gasteiger partial charge in [0.2, 0.25) is 0 Å². The minimum Gasteiger partial charge on any atom is -0.311 e. The molecule has 8 rings (SSSR count). The van der Waals surface area contributed by atoms with Crippen molar-refractivity contribution in [2.45, 2.75) is 26.2 Å². The van der Waals surface area contributed by atoms with Gasteiger partial charge in [0.15, 0.2) is 0 Å². The Labute approximate surface area is 319 Å². The summed E-state index contributed by atoms with van der Waals surface area (Å²) >= 11 is 0. The molecule has 0 saturated carbocycles. The Morgan fingerprint density at radius 3 is 1.31 bits per heavy atom. The van der Waals surface area contributed by atoms with E-state index in [4.69, 9.17) is 0 Å². The molecule has 262 valence electrons. The number of fused-ring (bicyclic) bond motifs is 1. The van der Waals surface area contributed by atoms with Gasteiger partial charge in [-0.25, -0.2) is 0 Å². The van der Waals surface area contributed by atoms with Gasteiger partial charge in [-0.1, -0.05) is 166 Å². The van der Waals surface area contributed by atoms with Crippen molar-refractivity contribution < 1.29 is 0 Å². The second-order valence-electron chi connectivity index (χ2n) is 14.7. The summed E-state index contributed by atoms with van der Waals surface area (Å²) in [7, 11) is 0. The zero-order chi connectivity index (χ0) is 36.9. The van der Waals surface area contributed by atoms with Gasteiger partial charge < -0.3 is 9.80 Å². The number of hydrogen-bond acceptors (Lipinski definition) is 2. The van der Waals surface area contributed by atoms with Crippen LogP contribution in [0.2, 0.25) is 0 Å². The summed E-state index contributed by atoms with van der Waals surface area (Å²) in [6, 6.07) is 71.7. The Balaban J connectivity index is 1.02. The van der Waals surface area contributed by atoms with E-state index in [9.17, 15) is 0 Å². The van der Waals surface area contributed by atoms with Gasteiger partial charge in [-0.05, 0) is 105 Å². The topological polar surface area (TPSA) is 6.48 Å². The standard InChI is InChI=1S/C52H44N2/c1-52(2,3)44-31-37-49(38-32-44)54(51-20-12-14-43-13-10-11-19-50(43)51)48-35-29-42(30-36-48)41-27-23-39(24-28-41)21-22-40-25-33-47(34-26-40)53(45-15-6-4-7-16-45)46-17-8-5-9-18-46/h4-38H,1-3H3/b22-21+. The van der Waals surface area contributed by atoms with Crippen LogP contribution in [0.1, 0.15) is 37.5 Å². The second-order valence-corrected chi connectivity index (χ2v) is 14.7. The summed E-state index contributed by atoms with van der Waals surface area (Å²) < 4.78 is 0. The molecule has 0 aliphatic heterocycles. The van der Waals surface area contributed by atoms with Crippen LogP contribution in [0.5, 0.6) is 0 Å². The molecule has 0 aliphatic carbocycles. The smallest absolute Gasteiger partial charge is 0.0540 e. The van der Waals surface area contributed by atoms with Crippen molar-refractivity contribution in [2.75, 3.05) is 9.80 Å². The molecule has 0 N–H and O–H groups in total. The van der Waals surface area contributed by atoms with Crippen LogP contribution in [0.15, 0.2) is 200 Å². The monoisotopic (exact) mass is 696 g/mol. The van der Waals surface area contributed by atoms with E-state index >= 15 is 0 Å². The highest BCUT2D eigenvalue weighted by Gasteiger charge is 2.18. The van der Waals surface area contributed by atoms with Crippen molar-refractivity contribution in [1.29, 1.82) is 0 Å². The summed E-state index contributed by atoms with van der Waals surface area (Å²) in [5.74, 6) is 0. The quantitative estimate of drug-likeness (QED) is 0.139. The maximum absolute atomic E-state index is 2.37. The lowest BCUT2D eigenvalue weighted by atomic mass is 9.87. The summed E-state index contributed by atoms with van der Waals surface area (Å²) in [6.45, 7) is 6.78. The van der Waals surface area contributed by atoms with Gasteiger partial charge in [-0.3, -0.25) is 0 Å². The molecule has 0 aromatic heterocycles. The molecule has 0 atom stereocenters. The van der Waals surface area contributed by atoms with E-state index in [1.165, 1.54) is 33.2 Å². The molecule has 2 nitrogen and oxygen atoms in total. The molecule has 0 radical (unpaired) electrons. The summed E-state index contributed by atoms with van der Waals surface area (Å²) in [6.07, 6.45) is 4.36. The van der Waals surface area contributed by atoms with Gasteiger partial charge in [0, 0.05) is 33.8 Å². The molecule has 2 heteroatoms. The van der Waals surface area contributed by atoms with E-state index < -0.39 is 0 Å². The number of nitrogens with zero attached hydrogens (tertiary/aromatic N) is 2. The van der Waals surface area contributed by atoms with Crippen LogP contribution in [0.4, 0.5) is 34.1 Å². The number of benzene rings is 8. The zero-order valence-corrected chi connectivity index (χ0v) is 31.1. The van der Waals surface area contributed by atoms with Crippen molar-refractivity contribution in [3.05, 3.63) is 217 Å². The maximum Gasteiger partial charge on any atom is 0.0540 e. The third-order valence-electron chi connectivity index (χ3n) is 10.0. The van der Waals surface area contributed by atoms with Crippen LogP contribution in [0, 0.1) is 0 Å². The highest BCUT2D eigenvalue weighted by Crippen LogP contribution is 2.40. The van der Waals surface area contributed by atoms with Crippen LogP contribution in [0.25, 0.3) is 34.1 Å². The minimum atomic E-state index is 0.0926. The van der Waals surface area contributed by atoms with E-state index in [1.54, 1.807) is 0 Å². The summed E-state index contributed by atoms with van der Waals surface area (Å²) in [5.41, 5.74) is 12.9. The number of anilines is 6. The molecule has 8 aromatic carbocycles. The Hall–Kier alpha value is -6.64. The van der Waals surface area contributed by atoms with E-state index in [0.29, 0.717) is 0 Å². The molecule has 0 spiro atoms. The molecular weight excluding hydrogens is 653 g/mol. The lowest BCUT2D eigenvalue weighted by molar-refractivity contribution is 0.590. The van der Waals surface area contributed by atoms with Crippen LogP contribution in [0.3, 0.4) is 0 Å². The van der Waals surface area contributed by atoms with E-state index in [1.807, 2.05) is 0 Å². The SMILES string of the molecule is CC(C)(C)c1ccc(N(c2ccc(-c3ccc(/C=C/c4ccc(N(c5ccccc5)c5ccccc5)cc4)cc3)cc2)c2cccc3ccccc23)cc1. The first-order valence-electron chi connectivity index (χ1n) is 18.7. The Morgan fingerprint density at radius 1 is 0.352 bits per heavy atom. The van der Waals surface area contributed by atoms with E-state index in [2.05, 4.69) is 243 Å². The fourth-order valence-electron chi connectivity index (χ4n) is 7.06. The van der Waals surface area contributed by atoms with E-state index in [0.717, 1.165) is 39.6 Å². The normalized spacial score (nSPS) is 11.5. The highest BCUT2D eigenvalue weighted by atomic mass is 15.1. The lowest BCUT2D eigenvalue weighted by Gasteiger charge is -2.28. The average molecular weight is 697 g/mol. The first-order chi connectivity index (χ1) is 26.4. The zero-order valence-electron chi connectivity index (χ0n) is 31.1. The average Bonchev–Trinajstić information content (AvgIpc) is 3.22. The Bertz CT molecular complexity index is 2430. The molecule has 8 aromatic rings. The minimum absolute atomic E-state index is 0.0926. The van der Waals surface area contributed by atoms with E-state index in [-0.39, 0.29) is 5.41 Å². The van der Waals surface area contributed by atoms with Gasteiger partial charge in [-0.15, -0.1) is 0 Å². The van der Waals surface area contributed by atoms with Crippen molar-refractivity contribution >= 4 is 57.0 Å². The van der Waals surface area contributed by atoms with Crippen LogP contribution < -0.4 is 9.80 Å². The number of hydrogen-bond donors (Lipinski definition) is 0. The molecule has 0 aliphatic rings. The molecular formula is C52H44N2. The Morgan fingerprint density at radius 2 is 0.759 bits per heavy atom. The van der Waals surface area contributed by atoms with Gasteiger partial charge >= 0.3 is 0 Å². The fourth-order valence-corrected chi connectivity index (χ4v) is 7.06. The van der Waals surface area contributed by atoms with Crippen molar-refractivity contribution in [3.8, 4) is 11.1 Å². The second kappa shape index (κ2) is 15.1. The first-order valence-corrected chi connectivity index (χ1v) is 18.7. The largest absolute Gasteiger partial charge is 0.311 e. The molecule has 54 heavy (non-hydrogen) atoms. The predicted octanol–water partition coefficient (Wildman–Crippen LogP) is 14.9. The summed E-state index contributed by atoms with van der Waals surface area (Å²) in [5, 5.41) is 2.46. The molecule has 0 saturated heterocycles. The van der Waals surface area contributed by atoms with Gasteiger partial charge in [0.1, 0.15) is 0 Å². The fraction of sp³-hybridized carbons (Fsp3) is 0.0769. The lowest BCUT2D eigenvalue weighted by Crippen LogP contribution is -2.13.